The average Bonchev–Trinajstić information content (AvgIpc) is 2.15. The molecule has 5 heteroatoms. The normalized spacial score (nSPS) is 11.8. The molecule has 1 aromatic carbocycles. The summed E-state index contributed by atoms with van der Waals surface area (Å²) in [6.07, 6.45) is 0. The molecule has 0 saturated heterocycles. The molecule has 17 heavy (non-hydrogen) atoms. The lowest BCUT2D eigenvalue weighted by atomic mass is 10.1. The maximum atomic E-state index is 12.0. The van der Waals surface area contributed by atoms with E-state index >= 15 is 0 Å². The van der Waals surface area contributed by atoms with Crippen LogP contribution in [0.3, 0.4) is 0 Å². The van der Waals surface area contributed by atoms with Crippen LogP contribution in [0, 0.1) is 6.92 Å². The zero-order chi connectivity index (χ0) is 13.2. The molecule has 0 aromatic heterocycles. The first-order valence-electron chi connectivity index (χ1n) is 5.38. The number of carbonyl (C=O) groups excluding carboxylic acids is 1. The van der Waals surface area contributed by atoms with Gasteiger partial charge in [-0.25, -0.2) is 13.1 Å². The van der Waals surface area contributed by atoms with Gasteiger partial charge in [0.1, 0.15) is 0 Å². The van der Waals surface area contributed by atoms with Crippen molar-refractivity contribution in [3.63, 3.8) is 0 Å². The number of carbonyl (C=O) groups is 1. The minimum atomic E-state index is -3.55. The third-order valence-corrected chi connectivity index (χ3v) is 4.08. The van der Waals surface area contributed by atoms with E-state index < -0.39 is 10.0 Å². The molecule has 0 fully saturated rings. The number of sulfonamides is 1. The van der Waals surface area contributed by atoms with Gasteiger partial charge in [-0.1, -0.05) is 12.1 Å². The Morgan fingerprint density at radius 3 is 2.35 bits per heavy atom. The van der Waals surface area contributed by atoms with Crippen LogP contribution in [0.15, 0.2) is 23.1 Å². The smallest absolute Gasteiger partial charge is 0.241 e. The van der Waals surface area contributed by atoms with E-state index in [0.29, 0.717) is 11.1 Å². The molecule has 0 spiro atoms. The van der Waals surface area contributed by atoms with Crippen LogP contribution in [0.1, 0.15) is 36.7 Å². The van der Waals surface area contributed by atoms with E-state index in [0.717, 1.165) is 0 Å². The van der Waals surface area contributed by atoms with Crippen LogP contribution < -0.4 is 4.72 Å². The molecule has 0 aliphatic rings. The van der Waals surface area contributed by atoms with Gasteiger partial charge in [0, 0.05) is 11.6 Å². The lowest BCUT2D eigenvalue weighted by Crippen LogP contribution is -2.30. The van der Waals surface area contributed by atoms with Crippen molar-refractivity contribution in [2.24, 2.45) is 0 Å². The van der Waals surface area contributed by atoms with Crippen molar-refractivity contribution in [1.29, 1.82) is 0 Å². The monoisotopic (exact) mass is 255 g/mol. The molecule has 1 aromatic rings. The van der Waals surface area contributed by atoms with Gasteiger partial charge in [0.05, 0.1) is 4.90 Å². The van der Waals surface area contributed by atoms with Crippen LogP contribution in [-0.4, -0.2) is 20.2 Å². The van der Waals surface area contributed by atoms with Crippen molar-refractivity contribution < 1.29 is 13.2 Å². The largest absolute Gasteiger partial charge is 0.295 e. The van der Waals surface area contributed by atoms with Crippen LogP contribution in [0.5, 0.6) is 0 Å². The molecule has 0 aliphatic heterocycles. The summed E-state index contributed by atoms with van der Waals surface area (Å²) in [5.41, 5.74) is 1.03. The van der Waals surface area contributed by atoms with Gasteiger partial charge in [-0.05, 0) is 39.3 Å². The molecule has 1 rings (SSSR count). The van der Waals surface area contributed by atoms with Gasteiger partial charge in [-0.3, -0.25) is 4.79 Å². The summed E-state index contributed by atoms with van der Waals surface area (Å²) < 4.78 is 26.5. The molecule has 0 bridgehead atoms. The zero-order valence-electron chi connectivity index (χ0n) is 10.4. The topological polar surface area (TPSA) is 63.2 Å². The van der Waals surface area contributed by atoms with Crippen molar-refractivity contribution in [3.8, 4) is 0 Å². The highest BCUT2D eigenvalue weighted by atomic mass is 32.2. The Morgan fingerprint density at radius 1 is 1.29 bits per heavy atom. The van der Waals surface area contributed by atoms with Gasteiger partial charge in [-0.2, -0.15) is 0 Å². The van der Waals surface area contributed by atoms with Gasteiger partial charge >= 0.3 is 0 Å². The van der Waals surface area contributed by atoms with Crippen LogP contribution in [0.25, 0.3) is 0 Å². The number of rotatable bonds is 4. The standard InChI is InChI=1S/C12H17NO3S/c1-8(2)13-17(15,16)12-7-11(10(4)14)6-5-9(12)3/h5-8,13H,1-4H3. The molecule has 0 radical (unpaired) electrons. The van der Waals surface area contributed by atoms with E-state index in [9.17, 15) is 13.2 Å². The Kier molecular flexibility index (Phi) is 4.06. The van der Waals surface area contributed by atoms with E-state index in [1.54, 1.807) is 32.9 Å². The molecule has 1 N–H and O–H groups in total. The third kappa shape index (κ3) is 3.38. The number of Topliss-reactive ketones (excluding diaryl/α,β-unsaturated/α-hetero) is 1. The van der Waals surface area contributed by atoms with Crippen molar-refractivity contribution in [3.05, 3.63) is 29.3 Å². The Balaban J connectivity index is 3.30. The fourth-order valence-corrected chi connectivity index (χ4v) is 3.00. The number of benzene rings is 1. The van der Waals surface area contributed by atoms with Crippen LogP contribution in [0.2, 0.25) is 0 Å². The second kappa shape index (κ2) is 4.98. The predicted octanol–water partition coefficient (Wildman–Crippen LogP) is 1.88. The highest BCUT2D eigenvalue weighted by Crippen LogP contribution is 2.17. The van der Waals surface area contributed by atoms with Crippen LogP contribution in [-0.2, 0) is 10.0 Å². The highest BCUT2D eigenvalue weighted by Gasteiger charge is 2.18. The molecular weight excluding hydrogens is 238 g/mol. The lowest BCUT2D eigenvalue weighted by molar-refractivity contribution is 0.101. The Bertz CT molecular complexity index is 533. The minimum absolute atomic E-state index is 0.147. The minimum Gasteiger partial charge on any atom is -0.295 e. The Morgan fingerprint density at radius 2 is 1.88 bits per heavy atom. The number of hydrogen-bond donors (Lipinski definition) is 1. The van der Waals surface area contributed by atoms with Crippen molar-refractivity contribution in [2.45, 2.75) is 38.6 Å². The molecule has 94 valence electrons. The summed E-state index contributed by atoms with van der Waals surface area (Å²) in [6.45, 7) is 6.62. The molecule has 0 atom stereocenters. The van der Waals surface area contributed by atoms with Gasteiger partial charge in [-0.15, -0.1) is 0 Å². The van der Waals surface area contributed by atoms with Crippen molar-refractivity contribution in [2.75, 3.05) is 0 Å². The van der Waals surface area contributed by atoms with Gasteiger partial charge in [0.2, 0.25) is 10.0 Å². The van der Waals surface area contributed by atoms with Crippen LogP contribution in [0.4, 0.5) is 0 Å². The van der Waals surface area contributed by atoms with E-state index in [-0.39, 0.29) is 16.7 Å². The third-order valence-electron chi connectivity index (χ3n) is 2.28. The van der Waals surface area contributed by atoms with Gasteiger partial charge in [0.25, 0.3) is 0 Å². The zero-order valence-corrected chi connectivity index (χ0v) is 11.3. The Labute approximate surface area is 102 Å². The summed E-state index contributed by atoms with van der Waals surface area (Å²) >= 11 is 0. The molecule has 0 heterocycles. The van der Waals surface area contributed by atoms with E-state index in [1.807, 2.05) is 0 Å². The first-order valence-corrected chi connectivity index (χ1v) is 6.86. The van der Waals surface area contributed by atoms with E-state index in [4.69, 9.17) is 0 Å². The van der Waals surface area contributed by atoms with Crippen LogP contribution >= 0.6 is 0 Å². The molecular formula is C12H17NO3S. The summed E-state index contributed by atoms with van der Waals surface area (Å²) in [6, 6.07) is 4.51. The number of nitrogens with one attached hydrogen (secondary N) is 1. The van der Waals surface area contributed by atoms with Crippen molar-refractivity contribution >= 4 is 15.8 Å². The number of ketones is 1. The fourth-order valence-electron chi connectivity index (χ4n) is 1.48. The quantitative estimate of drug-likeness (QED) is 0.836. The highest BCUT2D eigenvalue weighted by molar-refractivity contribution is 7.89. The SMILES string of the molecule is CC(=O)c1ccc(C)c(S(=O)(=O)NC(C)C)c1. The molecule has 0 aliphatic carbocycles. The lowest BCUT2D eigenvalue weighted by Gasteiger charge is -2.12. The van der Waals surface area contributed by atoms with E-state index in [2.05, 4.69) is 4.72 Å². The maximum absolute atomic E-state index is 12.0. The summed E-state index contributed by atoms with van der Waals surface area (Å²) in [7, 11) is -3.55. The second-order valence-electron chi connectivity index (χ2n) is 4.31. The fraction of sp³-hybridized carbons (Fsp3) is 0.417. The predicted molar refractivity (Wildman–Crippen MR) is 66.6 cm³/mol. The summed E-state index contributed by atoms with van der Waals surface area (Å²) in [5.74, 6) is -0.147. The van der Waals surface area contributed by atoms with Crippen molar-refractivity contribution in [1.82, 2.24) is 4.72 Å². The first-order chi connectivity index (χ1) is 7.74. The Hall–Kier alpha value is -1.20. The molecule has 0 amide bonds. The maximum Gasteiger partial charge on any atom is 0.241 e. The molecule has 4 nitrogen and oxygen atoms in total. The second-order valence-corrected chi connectivity index (χ2v) is 5.99. The summed E-state index contributed by atoms with van der Waals surface area (Å²) in [4.78, 5) is 11.4. The average molecular weight is 255 g/mol. The van der Waals surface area contributed by atoms with Gasteiger partial charge in [0.15, 0.2) is 5.78 Å². The van der Waals surface area contributed by atoms with E-state index in [1.165, 1.54) is 13.0 Å². The molecule has 0 saturated carbocycles. The van der Waals surface area contributed by atoms with Gasteiger partial charge < -0.3 is 0 Å². The molecule has 0 unspecified atom stereocenters. The number of aryl methyl sites for hydroxylation is 1. The number of hydrogen-bond acceptors (Lipinski definition) is 3. The first kappa shape index (κ1) is 13.9. The summed E-state index contributed by atoms with van der Waals surface area (Å²) in [5, 5.41) is 0.